The molecule has 4 heteroatoms. The number of carbonyl (C=O) groups is 2. The minimum atomic E-state index is -0.153. The van der Waals surface area contributed by atoms with E-state index >= 15 is 0 Å². The van der Waals surface area contributed by atoms with Crippen LogP contribution in [0.15, 0.2) is 0 Å². The van der Waals surface area contributed by atoms with Gasteiger partial charge in [-0.25, -0.2) is 0 Å². The van der Waals surface area contributed by atoms with Crippen LogP contribution in [0.2, 0.25) is 0 Å². The number of hydrogen-bond acceptors (Lipinski definition) is 4. The van der Waals surface area contributed by atoms with Gasteiger partial charge in [-0.05, 0) is 31.6 Å². The average molecular weight is 228 g/mol. The zero-order valence-corrected chi connectivity index (χ0v) is 9.87. The highest BCUT2D eigenvalue weighted by molar-refractivity contribution is 5.70. The van der Waals surface area contributed by atoms with Gasteiger partial charge >= 0.3 is 11.9 Å². The van der Waals surface area contributed by atoms with E-state index in [0.717, 1.165) is 19.3 Å². The van der Waals surface area contributed by atoms with Crippen LogP contribution in [0.4, 0.5) is 0 Å². The summed E-state index contributed by atoms with van der Waals surface area (Å²) in [6.45, 7) is 2.93. The third-order valence-electron chi connectivity index (χ3n) is 2.67. The molecule has 92 valence electrons. The minimum Gasteiger partial charge on any atom is -0.466 e. The van der Waals surface area contributed by atoms with Gasteiger partial charge in [0, 0.05) is 12.8 Å². The highest BCUT2D eigenvalue weighted by atomic mass is 16.5. The van der Waals surface area contributed by atoms with Crippen LogP contribution in [-0.4, -0.2) is 25.2 Å². The Morgan fingerprint density at radius 3 is 2.31 bits per heavy atom. The van der Waals surface area contributed by atoms with Gasteiger partial charge < -0.3 is 9.47 Å². The second kappa shape index (κ2) is 7.25. The lowest BCUT2D eigenvalue weighted by atomic mass is 10.0. The van der Waals surface area contributed by atoms with E-state index in [-0.39, 0.29) is 17.9 Å². The summed E-state index contributed by atoms with van der Waals surface area (Å²) in [5.41, 5.74) is 0. The molecule has 0 aliphatic carbocycles. The van der Waals surface area contributed by atoms with Crippen LogP contribution in [0, 0.1) is 5.92 Å². The fourth-order valence-corrected chi connectivity index (χ4v) is 1.63. The van der Waals surface area contributed by atoms with E-state index in [0.29, 0.717) is 32.5 Å². The molecule has 1 aliphatic rings. The van der Waals surface area contributed by atoms with Crippen LogP contribution < -0.4 is 0 Å². The van der Waals surface area contributed by atoms with Gasteiger partial charge in [0.15, 0.2) is 0 Å². The Labute approximate surface area is 96.3 Å². The van der Waals surface area contributed by atoms with Gasteiger partial charge in [-0.1, -0.05) is 6.92 Å². The normalized spacial score (nSPS) is 25.7. The summed E-state index contributed by atoms with van der Waals surface area (Å²) in [5, 5.41) is 0. The molecule has 0 amide bonds. The van der Waals surface area contributed by atoms with Crippen LogP contribution in [0.25, 0.3) is 0 Å². The van der Waals surface area contributed by atoms with E-state index in [1.165, 1.54) is 0 Å². The van der Waals surface area contributed by atoms with E-state index in [1.807, 2.05) is 6.92 Å². The largest absolute Gasteiger partial charge is 0.466 e. The fourth-order valence-electron chi connectivity index (χ4n) is 1.63. The van der Waals surface area contributed by atoms with E-state index in [4.69, 9.17) is 9.47 Å². The van der Waals surface area contributed by atoms with Gasteiger partial charge in [0.2, 0.25) is 0 Å². The summed E-state index contributed by atoms with van der Waals surface area (Å²) in [4.78, 5) is 22.6. The second-order valence-electron chi connectivity index (χ2n) is 4.35. The Hall–Kier alpha value is -1.06. The van der Waals surface area contributed by atoms with Crippen molar-refractivity contribution in [3.63, 3.8) is 0 Å². The van der Waals surface area contributed by atoms with Gasteiger partial charge in [-0.3, -0.25) is 9.59 Å². The van der Waals surface area contributed by atoms with Crippen LogP contribution in [0.3, 0.4) is 0 Å². The number of cyclic esters (lactones) is 2. The van der Waals surface area contributed by atoms with Gasteiger partial charge in [0.1, 0.15) is 0 Å². The molecule has 1 rings (SSSR count). The van der Waals surface area contributed by atoms with Crippen molar-refractivity contribution in [1.29, 1.82) is 0 Å². The first-order chi connectivity index (χ1) is 7.68. The van der Waals surface area contributed by atoms with E-state index in [1.54, 1.807) is 0 Å². The summed E-state index contributed by atoms with van der Waals surface area (Å²) in [6.07, 6.45) is 4.10. The predicted molar refractivity (Wildman–Crippen MR) is 58.8 cm³/mol. The maximum atomic E-state index is 11.3. The quantitative estimate of drug-likeness (QED) is 0.595. The Kier molecular flexibility index (Phi) is 5.90. The van der Waals surface area contributed by atoms with Crippen LogP contribution in [0.5, 0.6) is 0 Å². The van der Waals surface area contributed by atoms with Crippen LogP contribution >= 0.6 is 0 Å². The summed E-state index contributed by atoms with van der Waals surface area (Å²) in [5.74, 6) is -0.125. The molecule has 1 aliphatic heterocycles. The Morgan fingerprint density at radius 1 is 1.00 bits per heavy atom. The standard InChI is InChI=1S/C12H20O4/c1-10-5-6-11(13)15-7-3-2-4-8-16-12(14)9-10/h10H,2-9H2,1H3. The van der Waals surface area contributed by atoms with Gasteiger partial charge in [-0.2, -0.15) is 0 Å². The lowest BCUT2D eigenvalue weighted by Gasteiger charge is -2.09. The highest BCUT2D eigenvalue weighted by Crippen LogP contribution is 2.13. The van der Waals surface area contributed by atoms with E-state index in [2.05, 4.69) is 0 Å². The third-order valence-corrected chi connectivity index (χ3v) is 2.67. The first-order valence-electron chi connectivity index (χ1n) is 5.99. The zero-order chi connectivity index (χ0) is 11.8. The van der Waals surface area contributed by atoms with Crippen molar-refractivity contribution in [2.75, 3.05) is 13.2 Å². The zero-order valence-electron chi connectivity index (χ0n) is 9.87. The van der Waals surface area contributed by atoms with Crippen LogP contribution in [0.1, 0.15) is 45.4 Å². The van der Waals surface area contributed by atoms with E-state index in [9.17, 15) is 9.59 Å². The first-order valence-corrected chi connectivity index (χ1v) is 5.99. The molecule has 1 atom stereocenters. The molecule has 0 aromatic carbocycles. The number of carbonyl (C=O) groups excluding carboxylic acids is 2. The molecule has 0 radical (unpaired) electrons. The monoisotopic (exact) mass is 228 g/mol. The molecule has 1 fully saturated rings. The SMILES string of the molecule is CC1CCC(=O)OCCCCCOC(=O)C1. The Morgan fingerprint density at radius 2 is 1.62 bits per heavy atom. The average Bonchev–Trinajstić information content (AvgIpc) is 2.25. The van der Waals surface area contributed by atoms with Crippen molar-refractivity contribution < 1.29 is 19.1 Å². The van der Waals surface area contributed by atoms with Crippen molar-refractivity contribution in [1.82, 2.24) is 0 Å². The van der Waals surface area contributed by atoms with Crippen molar-refractivity contribution in [2.24, 2.45) is 5.92 Å². The van der Waals surface area contributed by atoms with Gasteiger partial charge in [0.05, 0.1) is 13.2 Å². The molecular formula is C12H20O4. The molecule has 1 saturated heterocycles. The lowest BCUT2D eigenvalue weighted by Crippen LogP contribution is -2.11. The molecule has 0 bridgehead atoms. The van der Waals surface area contributed by atoms with Crippen molar-refractivity contribution in [2.45, 2.75) is 45.4 Å². The lowest BCUT2D eigenvalue weighted by molar-refractivity contribution is -0.146. The smallest absolute Gasteiger partial charge is 0.306 e. The summed E-state index contributed by atoms with van der Waals surface area (Å²) in [7, 11) is 0. The van der Waals surface area contributed by atoms with Crippen molar-refractivity contribution in [3.8, 4) is 0 Å². The summed E-state index contributed by atoms with van der Waals surface area (Å²) >= 11 is 0. The van der Waals surface area contributed by atoms with Gasteiger partial charge in [-0.15, -0.1) is 0 Å². The molecular weight excluding hydrogens is 208 g/mol. The molecule has 16 heavy (non-hydrogen) atoms. The predicted octanol–water partition coefficient (Wildman–Crippen LogP) is 2.06. The molecule has 0 saturated carbocycles. The highest BCUT2D eigenvalue weighted by Gasteiger charge is 2.13. The van der Waals surface area contributed by atoms with Crippen molar-refractivity contribution >= 4 is 11.9 Å². The maximum absolute atomic E-state index is 11.3. The molecule has 0 N–H and O–H groups in total. The molecule has 4 nitrogen and oxygen atoms in total. The first kappa shape index (κ1) is 13.0. The summed E-state index contributed by atoms with van der Waals surface area (Å²) < 4.78 is 10.2. The third kappa shape index (κ3) is 5.73. The van der Waals surface area contributed by atoms with Crippen LogP contribution in [-0.2, 0) is 19.1 Å². The number of hydrogen-bond donors (Lipinski definition) is 0. The Bertz CT molecular complexity index is 237. The van der Waals surface area contributed by atoms with E-state index < -0.39 is 0 Å². The topological polar surface area (TPSA) is 52.6 Å². The maximum Gasteiger partial charge on any atom is 0.306 e. The number of ether oxygens (including phenoxy) is 2. The molecule has 0 aromatic rings. The second-order valence-corrected chi connectivity index (χ2v) is 4.35. The number of esters is 2. The number of rotatable bonds is 0. The molecule has 1 unspecified atom stereocenters. The molecule has 1 heterocycles. The fraction of sp³-hybridized carbons (Fsp3) is 0.833. The Balaban J connectivity index is 2.38. The molecule has 0 spiro atoms. The van der Waals surface area contributed by atoms with Gasteiger partial charge in [0.25, 0.3) is 0 Å². The summed E-state index contributed by atoms with van der Waals surface area (Å²) in [6, 6.07) is 0. The molecule has 0 aromatic heterocycles. The minimum absolute atomic E-state index is 0.153. The van der Waals surface area contributed by atoms with Crippen molar-refractivity contribution in [3.05, 3.63) is 0 Å².